The van der Waals surface area contributed by atoms with Gasteiger partial charge in [-0.05, 0) is 43.2 Å². The number of amides is 1. The summed E-state index contributed by atoms with van der Waals surface area (Å²) in [5.74, 6) is -0.902. The number of aliphatic carboxylic acids is 1. The second-order valence-corrected chi connectivity index (χ2v) is 5.93. The van der Waals surface area contributed by atoms with Crippen molar-refractivity contribution >= 4 is 29.3 Å². The Morgan fingerprint density at radius 3 is 2.67 bits per heavy atom. The number of carbonyl (C=O) groups is 2. The van der Waals surface area contributed by atoms with Gasteiger partial charge >= 0.3 is 5.97 Å². The molecule has 112 valence electrons. The van der Waals surface area contributed by atoms with E-state index in [-0.39, 0.29) is 18.1 Å². The molecule has 1 aliphatic heterocycles. The van der Waals surface area contributed by atoms with Crippen molar-refractivity contribution in [2.45, 2.75) is 19.8 Å². The second-order valence-electron chi connectivity index (χ2n) is 4.74. The first-order valence-electron chi connectivity index (χ1n) is 6.61. The quantitative estimate of drug-likeness (QED) is 0.908. The Labute approximate surface area is 126 Å². The van der Waals surface area contributed by atoms with Gasteiger partial charge in [0.2, 0.25) is 5.91 Å². The fraction of sp³-hybridized carbons (Fsp3) is 0.333. The number of nitrogens with zero attached hydrogens (tertiary/aromatic N) is 1. The van der Waals surface area contributed by atoms with E-state index in [4.69, 9.17) is 5.11 Å². The molecule has 1 N–H and O–H groups in total. The fourth-order valence-electron chi connectivity index (χ4n) is 2.22. The normalized spacial score (nSPS) is 15.5. The lowest BCUT2D eigenvalue weighted by Gasteiger charge is -2.31. The number of hydrogen-bond acceptors (Lipinski definition) is 3. The molecule has 0 radical (unpaired) electrons. The van der Waals surface area contributed by atoms with E-state index in [9.17, 15) is 14.0 Å². The van der Waals surface area contributed by atoms with Gasteiger partial charge in [-0.2, -0.15) is 0 Å². The monoisotopic (exact) mass is 309 g/mol. The average Bonchev–Trinajstić information content (AvgIpc) is 2.44. The second kappa shape index (κ2) is 6.76. The molecule has 6 heteroatoms. The molecule has 0 unspecified atom stereocenters. The number of benzene rings is 1. The zero-order chi connectivity index (χ0) is 15.4. The van der Waals surface area contributed by atoms with Crippen molar-refractivity contribution in [3.8, 4) is 0 Å². The van der Waals surface area contributed by atoms with Crippen molar-refractivity contribution in [3.63, 3.8) is 0 Å². The predicted octanol–water partition coefficient (Wildman–Crippen LogP) is 2.95. The van der Waals surface area contributed by atoms with Crippen molar-refractivity contribution < 1.29 is 19.1 Å². The topological polar surface area (TPSA) is 57.6 Å². The number of allylic oxidation sites excluding steroid dienone is 1. The summed E-state index contributed by atoms with van der Waals surface area (Å²) < 4.78 is 13.0. The lowest BCUT2D eigenvalue weighted by atomic mass is 10.1. The molecule has 1 aromatic rings. The van der Waals surface area contributed by atoms with Crippen LogP contribution in [0, 0.1) is 5.82 Å². The molecule has 0 aromatic heterocycles. The summed E-state index contributed by atoms with van der Waals surface area (Å²) in [6.45, 7) is 2.27. The van der Waals surface area contributed by atoms with Crippen LogP contribution in [0.25, 0.3) is 5.70 Å². The molecule has 0 bridgehead atoms. The summed E-state index contributed by atoms with van der Waals surface area (Å²) in [7, 11) is 0. The number of halogens is 1. The number of rotatable bonds is 5. The molecule has 2 rings (SSSR count). The molecule has 0 fully saturated rings. The largest absolute Gasteiger partial charge is 0.481 e. The number of carboxylic acids is 1. The predicted molar refractivity (Wildman–Crippen MR) is 80.0 cm³/mol. The van der Waals surface area contributed by atoms with Crippen molar-refractivity contribution in [3.05, 3.63) is 40.6 Å². The molecular formula is C15H16FNO3S. The standard InChI is InChI=1S/C15H16FNO3S/c1-10-15(11-4-6-12(16)7-5-11)17(13(18)9-21-10)8-2-3-14(19)20/h4-7H,2-3,8-9H2,1H3,(H,19,20). The molecule has 0 saturated heterocycles. The van der Waals surface area contributed by atoms with Gasteiger partial charge in [0, 0.05) is 17.9 Å². The van der Waals surface area contributed by atoms with Crippen LogP contribution in [-0.2, 0) is 9.59 Å². The molecule has 0 atom stereocenters. The molecule has 4 nitrogen and oxygen atoms in total. The van der Waals surface area contributed by atoms with Crippen LogP contribution in [-0.4, -0.2) is 34.2 Å². The van der Waals surface area contributed by atoms with E-state index in [2.05, 4.69) is 0 Å². The molecular weight excluding hydrogens is 293 g/mol. The van der Waals surface area contributed by atoms with Gasteiger partial charge in [-0.15, -0.1) is 11.8 Å². The van der Waals surface area contributed by atoms with Gasteiger partial charge in [-0.25, -0.2) is 4.39 Å². The summed E-state index contributed by atoms with van der Waals surface area (Å²) in [5.41, 5.74) is 1.52. The lowest BCUT2D eigenvalue weighted by molar-refractivity contribution is -0.137. The third-order valence-electron chi connectivity index (χ3n) is 3.21. The van der Waals surface area contributed by atoms with Gasteiger partial charge in [0.15, 0.2) is 0 Å². The molecule has 0 spiro atoms. The zero-order valence-electron chi connectivity index (χ0n) is 11.6. The van der Waals surface area contributed by atoms with Crippen molar-refractivity contribution in [1.82, 2.24) is 4.90 Å². The maximum atomic E-state index is 13.0. The smallest absolute Gasteiger partial charge is 0.303 e. The molecule has 1 heterocycles. The third-order valence-corrected chi connectivity index (χ3v) is 4.22. The van der Waals surface area contributed by atoms with E-state index in [0.717, 1.165) is 16.2 Å². The first-order valence-corrected chi connectivity index (χ1v) is 7.59. The Bertz CT molecular complexity index is 583. The minimum Gasteiger partial charge on any atom is -0.481 e. The Hall–Kier alpha value is -1.82. The van der Waals surface area contributed by atoms with Crippen LogP contribution in [0.15, 0.2) is 29.2 Å². The van der Waals surface area contributed by atoms with Crippen LogP contribution in [0.2, 0.25) is 0 Å². The van der Waals surface area contributed by atoms with Crippen LogP contribution in [0.4, 0.5) is 4.39 Å². The maximum Gasteiger partial charge on any atom is 0.303 e. The van der Waals surface area contributed by atoms with Crippen molar-refractivity contribution in [2.24, 2.45) is 0 Å². The number of carbonyl (C=O) groups excluding carboxylic acids is 1. The lowest BCUT2D eigenvalue weighted by Crippen LogP contribution is -2.35. The molecule has 0 saturated carbocycles. The van der Waals surface area contributed by atoms with Gasteiger partial charge in [0.1, 0.15) is 5.82 Å². The van der Waals surface area contributed by atoms with E-state index < -0.39 is 5.97 Å². The van der Waals surface area contributed by atoms with Gasteiger partial charge in [0.25, 0.3) is 0 Å². The zero-order valence-corrected chi connectivity index (χ0v) is 12.5. The molecule has 0 aliphatic carbocycles. The number of carboxylic acid groups (broad SMARTS) is 1. The van der Waals surface area contributed by atoms with Gasteiger partial charge in [0.05, 0.1) is 11.4 Å². The third kappa shape index (κ3) is 3.85. The Morgan fingerprint density at radius 2 is 2.05 bits per heavy atom. The summed E-state index contributed by atoms with van der Waals surface area (Å²) in [6, 6.07) is 5.98. The van der Waals surface area contributed by atoms with E-state index in [1.54, 1.807) is 17.0 Å². The summed E-state index contributed by atoms with van der Waals surface area (Å²) >= 11 is 1.46. The van der Waals surface area contributed by atoms with Crippen LogP contribution >= 0.6 is 11.8 Å². The summed E-state index contributed by atoms with van der Waals surface area (Å²) in [4.78, 5) is 25.3. The van der Waals surface area contributed by atoms with E-state index in [0.29, 0.717) is 18.7 Å². The molecule has 21 heavy (non-hydrogen) atoms. The SMILES string of the molecule is CC1=C(c2ccc(F)cc2)N(CCCC(=O)O)C(=O)CS1. The van der Waals surface area contributed by atoms with Crippen molar-refractivity contribution in [1.29, 1.82) is 0 Å². The van der Waals surface area contributed by atoms with Crippen LogP contribution in [0.1, 0.15) is 25.3 Å². The van der Waals surface area contributed by atoms with Crippen LogP contribution in [0.5, 0.6) is 0 Å². The average molecular weight is 309 g/mol. The summed E-state index contributed by atoms with van der Waals surface area (Å²) in [5, 5.41) is 8.71. The minimum absolute atomic E-state index is 0.0205. The highest BCUT2D eigenvalue weighted by molar-refractivity contribution is 8.03. The number of hydrogen-bond donors (Lipinski definition) is 1. The highest BCUT2D eigenvalue weighted by Crippen LogP contribution is 2.34. The molecule has 1 aliphatic rings. The van der Waals surface area contributed by atoms with Crippen LogP contribution in [0.3, 0.4) is 0 Å². The van der Waals surface area contributed by atoms with Gasteiger partial charge in [-0.1, -0.05) is 0 Å². The van der Waals surface area contributed by atoms with Crippen molar-refractivity contribution in [2.75, 3.05) is 12.3 Å². The van der Waals surface area contributed by atoms with E-state index >= 15 is 0 Å². The highest BCUT2D eigenvalue weighted by Gasteiger charge is 2.26. The Balaban J connectivity index is 2.25. The minimum atomic E-state index is -0.877. The fourth-order valence-corrected chi connectivity index (χ4v) is 3.08. The first kappa shape index (κ1) is 15.6. The molecule has 1 aromatic carbocycles. The Morgan fingerprint density at radius 1 is 1.38 bits per heavy atom. The molecule has 1 amide bonds. The van der Waals surface area contributed by atoms with E-state index in [1.165, 1.54) is 23.9 Å². The van der Waals surface area contributed by atoms with E-state index in [1.807, 2.05) is 6.92 Å². The highest BCUT2D eigenvalue weighted by atomic mass is 32.2. The Kier molecular flexibility index (Phi) is 5.01. The van der Waals surface area contributed by atoms with Crippen LogP contribution < -0.4 is 0 Å². The number of thioether (sulfide) groups is 1. The maximum absolute atomic E-state index is 13.0. The van der Waals surface area contributed by atoms with Gasteiger partial charge in [-0.3, -0.25) is 9.59 Å². The van der Waals surface area contributed by atoms with Gasteiger partial charge < -0.3 is 10.0 Å². The summed E-state index contributed by atoms with van der Waals surface area (Å²) in [6.07, 6.45) is 0.413. The first-order chi connectivity index (χ1) is 9.99.